The quantitative estimate of drug-likeness (QED) is 0.722. The molecule has 20 heavy (non-hydrogen) atoms. The first-order valence-electron chi connectivity index (χ1n) is 7.79. The highest BCUT2D eigenvalue weighted by Crippen LogP contribution is 2.59. The molecular weight excluding hydrogens is 250 g/mol. The van der Waals surface area contributed by atoms with Gasteiger partial charge in [0.05, 0.1) is 7.11 Å². The zero-order valence-corrected chi connectivity index (χ0v) is 13.8. The minimum absolute atomic E-state index is 0.110. The number of fused-ring (bicyclic) bond motifs is 1. The molecule has 0 aliphatic heterocycles. The fraction of sp³-hybridized carbons (Fsp3) is 0.824. The Hall–Kier alpha value is -0.990. The summed E-state index contributed by atoms with van der Waals surface area (Å²) in [5.74, 6) is 1.80. The number of hydrogen-bond acceptors (Lipinski definition) is 3. The van der Waals surface area contributed by atoms with Gasteiger partial charge in [0, 0.05) is 18.7 Å². The average Bonchev–Trinajstić information content (AvgIpc) is 2.42. The van der Waals surface area contributed by atoms with Crippen molar-refractivity contribution >= 4 is 5.97 Å². The van der Waals surface area contributed by atoms with Crippen LogP contribution in [-0.2, 0) is 9.53 Å². The summed E-state index contributed by atoms with van der Waals surface area (Å²) in [7, 11) is 3.55. The first kappa shape index (κ1) is 15.4. The van der Waals surface area contributed by atoms with Gasteiger partial charge in [-0.1, -0.05) is 33.8 Å². The molecule has 1 fully saturated rings. The highest BCUT2D eigenvalue weighted by Gasteiger charge is 2.52. The molecule has 3 nitrogen and oxygen atoms in total. The molecule has 3 atom stereocenters. The number of carbonyl (C=O) groups excluding carboxylic acids is 1. The molecule has 0 N–H and O–H groups in total. The van der Waals surface area contributed by atoms with Crippen LogP contribution in [0.2, 0.25) is 0 Å². The zero-order chi connectivity index (χ0) is 15.1. The number of hydrogen-bond donors (Lipinski definition) is 0. The lowest BCUT2D eigenvalue weighted by atomic mass is 9.50. The molecule has 0 saturated heterocycles. The summed E-state index contributed by atoms with van der Waals surface area (Å²) in [6.45, 7) is 9.04. The number of methoxy groups -OCH3 is 1. The van der Waals surface area contributed by atoms with Crippen molar-refractivity contribution in [3.8, 4) is 0 Å². The Morgan fingerprint density at radius 2 is 2.15 bits per heavy atom. The number of likely N-dealkylation sites (N-methyl/N-ethyl adjacent to an activating group) is 1. The van der Waals surface area contributed by atoms with E-state index in [1.54, 1.807) is 0 Å². The Morgan fingerprint density at radius 3 is 2.60 bits per heavy atom. The minimum Gasteiger partial charge on any atom is -0.467 e. The molecule has 0 aromatic rings. The monoisotopic (exact) mass is 279 g/mol. The topological polar surface area (TPSA) is 29.5 Å². The van der Waals surface area contributed by atoms with Crippen molar-refractivity contribution in [2.24, 2.45) is 23.2 Å². The Balaban J connectivity index is 2.17. The molecule has 114 valence electrons. The molecule has 2 bridgehead atoms. The van der Waals surface area contributed by atoms with Crippen LogP contribution in [-0.4, -0.2) is 31.1 Å². The van der Waals surface area contributed by atoms with Crippen molar-refractivity contribution in [2.45, 2.75) is 53.0 Å². The van der Waals surface area contributed by atoms with Crippen molar-refractivity contribution < 1.29 is 9.53 Å². The van der Waals surface area contributed by atoms with Crippen LogP contribution >= 0.6 is 0 Å². The van der Waals surface area contributed by atoms with E-state index >= 15 is 0 Å². The molecule has 3 aliphatic carbocycles. The SMILES string of the molecule is COC(=O)[C@H](CC(C)C)N(C)C1=CCC2CC1C2(C)C. The number of ether oxygens (including phenoxy) is 1. The van der Waals surface area contributed by atoms with Crippen molar-refractivity contribution in [1.82, 2.24) is 4.90 Å². The van der Waals surface area contributed by atoms with Gasteiger partial charge in [0.2, 0.25) is 0 Å². The van der Waals surface area contributed by atoms with Gasteiger partial charge < -0.3 is 9.64 Å². The predicted molar refractivity (Wildman–Crippen MR) is 81.1 cm³/mol. The van der Waals surface area contributed by atoms with Gasteiger partial charge in [-0.25, -0.2) is 4.79 Å². The average molecular weight is 279 g/mol. The van der Waals surface area contributed by atoms with Crippen LogP contribution < -0.4 is 0 Å². The highest BCUT2D eigenvalue weighted by atomic mass is 16.5. The predicted octanol–water partition coefficient (Wildman–Crippen LogP) is 3.46. The maximum Gasteiger partial charge on any atom is 0.328 e. The first-order valence-corrected chi connectivity index (χ1v) is 7.79. The number of rotatable bonds is 5. The molecule has 3 aliphatic rings. The first-order chi connectivity index (χ1) is 9.28. The molecule has 2 unspecified atom stereocenters. The van der Waals surface area contributed by atoms with Gasteiger partial charge in [-0.2, -0.15) is 0 Å². The standard InChI is InChI=1S/C17H29NO2/c1-11(2)9-15(16(19)20-6)18(5)14-8-7-12-10-13(14)17(12,3)4/h8,11-13,15H,7,9-10H2,1-6H3/t12?,13?,15-/m0/s1. The van der Waals surface area contributed by atoms with E-state index in [1.807, 2.05) is 0 Å². The number of esters is 1. The summed E-state index contributed by atoms with van der Waals surface area (Å²) in [5.41, 5.74) is 1.74. The second-order valence-electron chi connectivity index (χ2n) is 7.45. The molecule has 3 heteroatoms. The van der Waals surface area contributed by atoms with Crippen LogP contribution in [0.5, 0.6) is 0 Å². The Labute approximate surface area is 123 Å². The second kappa shape index (κ2) is 5.42. The molecule has 1 saturated carbocycles. The van der Waals surface area contributed by atoms with Gasteiger partial charge in [0.15, 0.2) is 0 Å². The van der Waals surface area contributed by atoms with Crippen LogP contribution in [0, 0.1) is 23.2 Å². The lowest BCUT2D eigenvalue weighted by Crippen LogP contribution is -2.53. The van der Waals surface area contributed by atoms with Crippen LogP contribution in [0.3, 0.4) is 0 Å². The van der Waals surface area contributed by atoms with Crippen LogP contribution in [0.1, 0.15) is 47.0 Å². The summed E-state index contributed by atoms with van der Waals surface area (Å²) < 4.78 is 5.02. The van der Waals surface area contributed by atoms with Crippen LogP contribution in [0.4, 0.5) is 0 Å². The van der Waals surface area contributed by atoms with E-state index in [-0.39, 0.29) is 12.0 Å². The summed E-state index contributed by atoms with van der Waals surface area (Å²) in [5, 5.41) is 0. The summed E-state index contributed by atoms with van der Waals surface area (Å²) >= 11 is 0. The summed E-state index contributed by atoms with van der Waals surface area (Å²) in [4.78, 5) is 14.3. The molecule has 0 aromatic carbocycles. The van der Waals surface area contributed by atoms with E-state index in [0.717, 1.165) is 18.8 Å². The second-order valence-corrected chi connectivity index (χ2v) is 7.45. The molecule has 0 spiro atoms. The Kier molecular flexibility index (Phi) is 4.17. The van der Waals surface area contributed by atoms with Gasteiger partial charge >= 0.3 is 5.97 Å². The van der Waals surface area contributed by atoms with Gasteiger partial charge in [-0.15, -0.1) is 0 Å². The largest absolute Gasteiger partial charge is 0.467 e. The van der Waals surface area contributed by atoms with E-state index in [4.69, 9.17) is 4.74 Å². The van der Waals surface area contributed by atoms with E-state index in [9.17, 15) is 4.79 Å². The third-order valence-corrected chi connectivity index (χ3v) is 5.48. The third-order valence-electron chi connectivity index (χ3n) is 5.48. The molecule has 0 radical (unpaired) electrons. The minimum atomic E-state index is -0.154. The highest BCUT2D eigenvalue weighted by molar-refractivity contribution is 5.76. The van der Waals surface area contributed by atoms with Crippen molar-refractivity contribution in [3.63, 3.8) is 0 Å². The fourth-order valence-corrected chi connectivity index (χ4v) is 3.89. The maximum absolute atomic E-state index is 12.1. The Bertz CT molecular complexity index is 411. The number of nitrogens with zero attached hydrogens (tertiary/aromatic N) is 1. The zero-order valence-electron chi connectivity index (χ0n) is 13.8. The summed E-state index contributed by atoms with van der Waals surface area (Å²) in [6, 6.07) is -0.154. The van der Waals surface area contributed by atoms with Gasteiger partial charge in [-0.3, -0.25) is 0 Å². The fourth-order valence-electron chi connectivity index (χ4n) is 3.89. The van der Waals surface area contributed by atoms with Crippen LogP contribution in [0.25, 0.3) is 0 Å². The third kappa shape index (κ3) is 2.47. The van der Waals surface area contributed by atoms with Crippen molar-refractivity contribution in [1.29, 1.82) is 0 Å². The molecule has 3 rings (SSSR count). The lowest BCUT2D eigenvalue weighted by molar-refractivity contribution is -0.147. The summed E-state index contributed by atoms with van der Waals surface area (Å²) in [6.07, 6.45) is 5.62. The van der Waals surface area contributed by atoms with Crippen LogP contribution in [0.15, 0.2) is 11.8 Å². The van der Waals surface area contributed by atoms with Gasteiger partial charge in [0.25, 0.3) is 0 Å². The number of allylic oxidation sites excluding steroid dienone is 2. The van der Waals surface area contributed by atoms with Gasteiger partial charge in [-0.05, 0) is 36.5 Å². The maximum atomic E-state index is 12.1. The van der Waals surface area contributed by atoms with E-state index in [1.165, 1.54) is 19.2 Å². The molecular formula is C17H29NO2. The number of carbonyl (C=O) groups is 1. The molecule has 0 heterocycles. The molecule has 0 amide bonds. The molecule has 0 aromatic heterocycles. The smallest absolute Gasteiger partial charge is 0.328 e. The normalized spacial score (nSPS) is 28.4. The van der Waals surface area contributed by atoms with E-state index in [2.05, 4.69) is 45.7 Å². The lowest BCUT2D eigenvalue weighted by Gasteiger charge is -2.58. The van der Waals surface area contributed by atoms with Gasteiger partial charge in [0.1, 0.15) is 6.04 Å². The Morgan fingerprint density at radius 1 is 1.50 bits per heavy atom. The van der Waals surface area contributed by atoms with Crippen molar-refractivity contribution in [3.05, 3.63) is 11.8 Å². The van der Waals surface area contributed by atoms with E-state index < -0.39 is 0 Å². The van der Waals surface area contributed by atoms with E-state index in [0.29, 0.717) is 17.3 Å². The van der Waals surface area contributed by atoms with Crippen molar-refractivity contribution in [2.75, 3.05) is 14.2 Å².